The minimum atomic E-state index is -0.245. The number of amides is 1. The van der Waals surface area contributed by atoms with Crippen molar-refractivity contribution < 1.29 is 18.8 Å². The first-order valence-corrected chi connectivity index (χ1v) is 13.2. The van der Waals surface area contributed by atoms with E-state index in [9.17, 15) is 9.59 Å². The Balaban J connectivity index is 1.31. The first kappa shape index (κ1) is 26.5. The highest BCUT2D eigenvalue weighted by Gasteiger charge is 2.31. The lowest BCUT2D eigenvalue weighted by molar-refractivity contribution is -0.140. The molecule has 196 valence electrons. The van der Waals surface area contributed by atoms with Crippen LogP contribution in [0.5, 0.6) is 0 Å². The first-order valence-electron chi connectivity index (χ1n) is 13.2. The Labute approximate surface area is 219 Å². The molecule has 0 radical (unpaired) electrons. The van der Waals surface area contributed by atoms with E-state index in [1.54, 1.807) is 18.4 Å². The van der Waals surface area contributed by atoms with Crippen molar-refractivity contribution in [1.29, 1.82) is 0 Å². The molecule has 1 saturated heterocycles. The lowest BCUT2D eigenvalue weighted by Crippen LogP contribution is -2.47. The fourth-order valence-electron chi connectivity index (χ4n) is 4.82. The standard InChI is InChI=1S/C30H37N3O4/c1-3-8-29(34)37-31-27-11-5-4-9-24(27)10-6-19-32-20-17-26(18-21-32)33(25-15-13-23(2)14-16-25)30(35)28-12-7-22-36-28/h4-5,7,9,11-16,22,26,31H,3,6,8,10,17-21H2,1-2H3. The summed E-state index contributed by atoms with van der Waals surface area (Å²) in [5.74, 6) is 0.0390. The molecular weight excluding hydrogens is 466 g/mol. The summed E-state index contributed by atoms with van der Waals surface area (Å²) >= 11 is 0. The van der Waals surface area contributed by atoms with E-state index in [2.05, 4.69) is 23.4 Å². The van der Waals surface area contributed by atoms with E-state index >= 15 is 0 Å². The van der Waals surface area contributed by atoms with Gasteiger partial charge in [0.25, 0.3) is 5.91 Å². The van der Waals surface area contributed by atoms with Gasteiger partial charge < -0.3 is 19.1 Å². The molecule has 1 aliphatic rings. The van der Waals surface area contributed by atoms with E-state index in [0.29, 0.717) is 12.2 Å². The van der Waals surface area contributed by atoms with Gasteiger partial charge in [0, 0.05) is 31.2 Å². The summed E-state index contributed by atoms with van der Waals surface area (Å²) in [5.41, 5.74) is 6.89. The minimum Gasteiger partial charge on any atom is -0.459 e. The number of likely N-dealkylation sites (tertiary alicyclic amines) is 1. The molecule has 1 aromatic heterocycles. The molecule has 1 N–H and O–H groups in total. The molecule has 1 aliphatic heterocycles. The number of rotatable bonds is 11. The molecule has 7 nitrogen and oxygen atoms in total. The van der Waals surface area contributed by atoms with Gasteiger partial charge in [0.15, 0.2) is 5.76 Å². The number of benzene rings is 2. The van der Waals surface area contributed by atoms with Crippen LogP contribution in [0.15, 0.2) is 71.3 Å². The van der Waals surface area contributed by atoms with Gasteiger partial charge in [0.05, 0.1) is 12.0 Å². The Morgan fingerprint density at radius 3 is 2.51 bits per heavy atom. The van der Waals surface area contributed by atoms with Crippen LogP contribution in [-0.4, -0.2) is 42.5 Å². The second kappa shape index (κ2) is 13.1. The molecule has 4 rings (SSSR count). The number of hydrogen-bond acceptors (Lipinski definition) is 6. The molecule has 0 saturated carbocycles. The number of anilines is 2. The largest absolute Gasteiger partial charge is 0.459 e. The third kappa shape index (κ3) is 7.23. The second-order valence-corrected chi connectivity index (χ2v) is 9.65. The van der Waals surface area contributed by atoms with Gasteiger partial charge in [-0.05, 0) is 81.5 Å². The highest BCUT2D eigenvalue weighted by atomic mass is 16.7. The van der Waals surface area contributed by atoms with Crippen molar-refractivity contribution in [3.8, 4) is 0 Å². The van der Waals surface area contributed by atoms with Crippen molar-refractivity contribution in [3.63, 3.8) is 0 Å². The molecular formula is C30H37N3O4. The summed E-state index contributed by atoms with van der Waals surface area (Å²) in [7, 11) is 0. The monoisotopic (exact) mass is 503 g/mol. The quantitative estimate of drug-likeness (QED) is 0.323. The van der Waals surface area contributed by atoms with Crippen molar-refractivity contribution in [3.05, 3.63) is 83.8 Å². The van der Waals surface area contributed by atoms with Crippen LogP contribution in [0.2, 0.25) is 0 Å². The summed E-state index contributed by atoms with van der Waals surface area (Å²) in [6.45, 7) is 6.86. The molecule has 1 fully saturated rings. The highest BCUT2D eigenvalue weighted by Crippen LogP contribution is 2.27. The number of carbonyl (C=O) groups excluding carboxylic acids is 2. The van der Waals surface area contributed by atoms with Crippen molar-refractivity contribution in [2.24, 2.45) is 0 Å². The number of carbonyl (C=O) groups is 2. The maximum absolute atomic E-state index is 13.3. The molecule has 2 heterocycles. The van der Waals surface area contributed by atoms with Crippen molar-refractivity contribution in [2.75, 3.05) is 30.0 Å². The van der Waals surface area contributed by atoms with Crippen LogP contribution in [0.4, 0.5) is 11.4 Å². The van der Waals surface area contributed by atoms with E-state index in [-0.39, 0.29) is 17.9 Å². The van der Waals surface area contributed by atoms with E-state index in [1.165, 1.54) is 5.56 Å². The summed E-state index contributed by atoms with van der Waals surface area (Å²) in [4.78, 5) is 34.6. The van der Waals surface area contributed by atoms with E-state index in [4.69, 9.17) is 9.25 Å². The number of furan rings is 1. The van der Waals surface area contributed by atoms with Gasteiger partial charge in [0.1, 0.15) is 0 Å². The molecule has 2 aromatic carbocycles. The highest BCUT2D eigenvalue weighted by molar-refractivity contribution is 6.04. The van der Waals surface area contributed by atoms with Gasteiger partial charge in [-0.3, -0.25) is 4.79 Å². The van der Waals surface area contributed by atoms with Crippen LogP contribution in [0.1, 0.15) is 60.7 Å². The van der Waals surface area contributed by atoms with Crippen LogP contribution in [-0.2, 0) is 16.1 Å². The fraction of sp³-hybridized carbons (Fsp3) is 0.400. The van der Waals surface area contributed by atoms with Gasteiger partial charge in [-0.25, -0.2) is 10.3 Å². The second-order valence-electron chi connectivity index (χ2n) is 9.65. The molecule has 0 bridgehead atoms. The molecule has 7 heteroatoms. The zero-order chi connectivity index (χ0) is 26.0. The van der Waals surface area contributed by atoms with Crippen LogP contribution in [0.3, 0.4) is 0 Å². The predicted molar refractivity (Wildman–Crippen MR) is 146 cm³/mol. The van der Waals surface area contributed by atoms with E-state index in [0.717, 1.165) is 68.7 Å². The maximum Gasteiger partial charge on any atom is 0.332 e. The third-order valence-electron chi connectivity index (χ3n) is 6.85. The van der Waals surface area contributed by atoms with Crippen LogP contribution < -0.4 is 10.4 Å². The Bertz CT molecular complexity index is 1140. The Hall–Kier alpha value is -3.58. The number of nitrogens with zero attached hydrogens (tertiary/aromatic N) is 2. The van der Waals surface area contributed by atoms with Crippen LogP contribution >= 0.6 is 0 Å². The normalized spacial score (nSPS) is 14.3. The number of piperidine rings is 1. The predicted octanol–water partition coefficient (Wildman–Crippen LogP) is 6.00. The molecule has 0 atom stereocenters. The molecule has 37 heavy (non-hydrogen) atoms. The SMILES string of the molecule is CCCC(=O)ONc1ccccc1CCCN1CCC(N(C(=O)c2ccco2)c2ccc(C)cc2)CC1. The summed E-state index contributed by atoms with van der Waals surface area (Å²) in [6, 6.07) is 19.7. The fourth-order valence-corrected chi connectivity index (χ4v) is 4.82. The summed E-state index contributed by atoms with van der Waals surface area (Å²) in [6.07, 6.45) is 6.42. The Morgan fingerprint density at radius 2 is 1.81 bits per heavy atom. The smallest absolute Gasteiger partial charge is 0.332 e. The first-order chi connectivity index (χ1) is 18.0. The summed E-state index contributed by atoms with van der Waals surface area (Å²) < 4.78 is 5.45. The summed E-state index contributed by atoms with van der Waals surface area (Å²) in [5, 5.41) is 0. The average Bonchev–Trinajstić information content (AvgIpc) is 3.46. The average molecular weight is 504 g/mol. The minimum absolute atomic E-state index is 0.0870. The Morgan fingerprint density at radius 1 is 1.05 bits per heavy atom. The van der Waals surface area contributed by atoms with Crippen molar-refractivity contribution in [1.82, 2.24) is 4.90 Å². The van der Waals surface area contributed by atoms with E-state index < -0.39 is 0 Å². The number of nitrogens with one attached hydrogen (secondary N) is 1. The number of hydrogen-bond donors (Lipinski definition) is 1. The zero-order valence-corrected chi connectivity index (χ0v) is 21.8. The maximum atomic E-state index is 13.3. The van der Waals surface area contributed by atoms with Gasteiger partial charge in [-0.15, -0.1) is 0 Å². The molecule has 3 aromatic rings. The molecule has 0 spiro atoms. The van der Waals surface area contributed by atoms with Gasteiger partial charge in [-0.1, -0.05) is 42.8 Å². The molecule has 0 unspecified atom stereocenters. The lowest BCUT2D eigenvalue weighted by atomic mass is 10.0. The van der Waals surface area contributed by atoms with Gasteiger partial charge >= 0.3 is 5.97 Å². The van der Waals surface area contributed by atoms with Crippen LogP contribution in [0, 0.1) is 6.92 Å². The lowest BCUT2D eigenvalue weighted by Gasteiger charge is -2.38. The molecule has 1 amide bonds. The van der Waals surface area contributed by atoms with Crippen molar-refractivity contribution >= 4 is 23.3 Å². The third-order valence-corrected chi connectivity index (χ3v) is 6.85. The number of aryl methyl sites for hydroxylation is 2. The molecule has 0 aliphatic carbocycles. The zero-order valence-electron chi connectivity index (χ0n) is 21.8. The van der Waals surface area contributed by atoms with Crippen molar-refractivity contribution in [2.45, 2.75) is 58.4 Å². The van der Waals surface area contributed by atoms with Gasteiger partial charge in [-0.2, -0.15) is 0 Å². The topological polar surface area (TPSA) is 75.0 Å². The number of para-hydroxylation sites is 1. The van der Waals surface area contributed by atoms with Crippen LogP contribution in [0.25, 0.3) is 0 Å². The van der Waals surface area contributed by atoms with Gasteiger partial charge in [0.2, 0.25) is 0 Å². The van der Waals surface area contributed by atoms with E-state index in [1.807, 2.05) is 54.3 Å². The Kier molecular flexibility index (Phi) is 9.38.